The van der Waals surface area contributed by atoms with Gasteiger partial charge in [-0.15, -0.1) is 0 Å². The predicted molar refractivity (Wildman–Crippen MR) is 119 cm³/mol. The van der Waals surface area contributed by atoms with E-state index in [1.807, 2.05) is 52.0 Å². The van der Waals surface area contributed by atoms with Crippen LogP contribution in [0.25, 0.3) is 10.8 Å². The lowest BCUT2D eigenvalue weighted by Crippen LogP contribution is -2.14. The highest BCUT2D eigenvalue weighted by atomic mass is 35.5. The first-order valence-corrected chi connectivity index (χ1v) is 9.98. The summed E-state index contributed by atoms with van der Waals surface area (Å²) in [5.74, 6) is 0.871. The smallest absolute Gasteiger partial charge is 0.344 e. The molecule has 3 aromatic carbocycles. The molecule has 30 heavy (non-hydrogen) atoms. The Morgan fingerprint density at radius 1 is 0.867 bits per heavy atom. The van der Waals surface area contributed by atoms with Crippen LogP contribution in [0.5, 0.6) is 23.0 Å². The molecular weight excluding hydrogens is 404 g/mol. The minimum absolute atomic E-state index is 0.106. The average Bonchev–Trinajstić information content (AvgIpc) is 2.68. The number of rotatable bonds is 6. The Labute approximate surface area is 181 Å². The number of hydrogen-bond acceptors (Lipinski definition) is 5. The molecule has 158 valence electrons. The van der Waals surface area contributed by atoms with Crippen molar-refractivity contribution in [3.05, 3.63) is 58.1 Å². The molecule has 0 saturated carbocycles. The maximum atomic E-state index is 13.1. The first kappa shape index (κ1) is 21.8. The molecule has 0 aliphatic carbocycles. The number of halogens is 1. The molecule has 0 bridgehead atoms. The summed E-state index contributed by atoms with van der Waals surface area (Å²) < 4.78 is 23.1. The molecule has 0 unspecified atom stereocenters. The van der Waals surface area contributed by atoms with E-state index in [1.165, 1.54) is 14.2 Å². The van der Waals surface area contributed by atoms with E-state index in [4.69, 9.17) is 30.5 Å². The molecule has 0 amide bonds. The average molecular weight is 429 g/mol. The summed E-state index contributed by atoms with van der Waals surface area (Å²) in [6, 6.07) is 10.9. The third-order valence-corrected chi connectivity index (χ3v) is 4.97. The molecule has 0 N–H and O–H groups in total. The van der Waals surface area contributed by atoms with Crippen molar-refractivity contribution in [2.24, 2.45) is 0 Å². The van der Waals surface area contributed by atoms with Crippen molar-refractivity contribution >= 4 is 28.3 Å². The highest BCUT2D eigenvalue weighted by Crippen LogP contribution is 2.52. The van der Waals surface area contributed by atoms with Gasteiger partial charge in [-0.2, -0.15) is 0 Å². The lowest BCUT2D eigenvalue weighted by molar-refractivity contribution is 0.0729. The van der Waals surface area contributed by atoms with Gasteiger partial charge in [0.15, 0.2) is 11.5 Å². The molecule has 0 aliphatic heterocycles. The van der Waals surface area contributed by atoms with E-state index < -0.39 is 5.97 Å². The normalized spacial score (nSPS) is 10.9. The van der Waals surface area contributed by atoms with E-state index in [9.17, 15) is 4.79 Å². The van der Waals surface area contributed by atoms with Crippen molar-refractivity contribution in [3.63, 3.8) is 0 Å². The van der Waals surface area contributed by atoms with Crippen LogP contribution in [0.15, 0.2) is 36.4 Å². The van der Waals surface area contributed by atoms with Crippen LogP contribution in [0.4, 0.5) is 0 Å². The fraction of sp³-hybridized carbons (Fsp3) is 0.292. The van der Waals surface area contributed by atoms with Crippen LogP contribution in [0.3, 0.4) is 0 Å². The Hall–Kier alpha value is -2.92. The third kappa shape index (κ3) is 4.03. The van der Waals surface area contributed by atoms with Gasteiger partial charge in [-0.3, -0.25) is 0 Å². The number of esters is 1. The topological polar surface area (TPSA) is 54.0 Å². The Morgan fingerprint density at radius 2 is 1.47 bits per heavy atom. The quantitative estimate of drug-likeness (QED) is 0.349. The maximum Gasteiger partial charge on any atom is 0.344 e. The van der Waals surface area contributed by atoms with Gasteiger partial charge in [-0.05, 0) is 57.0 Å². The van der Waals surface area contributed by atoms with E-state index in [-0.39, 0.29) is 17.6 Å². The molecule has 0 fully saturated rings. The molecule has 3 rings (SSSR count). The highest BCUT2D eigenvalue weighted by molar-refractivity contribution is 6.31. The van der Waals surface area contributed by atoms with Crippen LogP contribution in [0, 0.1) is 13.8 Å². The van der Waals surface area contributed by atoms with E-state index in [2.05, 4.69) is 0 Å². The van der Waals surface area contributed by atoms with Crippen LogP contribution in [0.1, 0.15) is 35.3 Å². The molecule has 0 heterocycles. The molecule has 0 atom stereocenters. The third-order valence-electron chi connectivity index (χ3n) is 4.73. The van der Waals surface area contributed by atoms with Gasteiger partial charge in [0.05, 0.1) is 25.9 Å². The zero-order valence-corrected chi connectivity index (χ0v) is 18.7. The van der Waals surface area contributed by atoms with Crippen LogP contribution in [-0.4, -0.2) is 26.3 Å². The van der Waals surface area contributed by atoms with Crippen LogP contribution in [-0.2, 0) is 0 Å². The van der Waals surface area contributed by atoms with Crippen LogP contribution >= 0.6 is 11.6 Å². The zero-order valence-electron chi connectivity index (χ0n) is 18.0. The second kappa shape index (κ2) is 8.84. The van der Waals surface area contributed by atoms with Crippen LogP contribution in [0.2, 0.25) is 5.02 Å². The zero-order chi connectivity index (χ0) is 22.0. The summed E-state index contributed by atoms with van der Waals surface area (Å²) in [6.07, 6.45) is -0.106. The van der Waals surface area contributed by atoms with Crippen molar-refractivity contribution in [2.75, 3.05) is 14.2 Å². The lowest BCUT2D eigenvalue weighted by atomic mass is 10.0. The van der Waals surface area contributed by atoms with Gasteiger partial charge >= 0.3 is 5.97 Å². The first-order chi connectivity index (χ1) is 14.3. The Balaban J connectivity index is 2.28. The highest BCUT2D eigenvalue weighted by Gasteiger charge is 2.27. The van der Waals surface area contributed by atoms with Gasteiger partial charge in [-0.25, -0.2) is 4.79 Å². The number of hydrogen-bond donors (Lipinski definition) is 0. The number of aryl methyl sites for hydroxylation is 2. The summed E-state index contributed by atoms with van der Waals surface area (Å²) in [5.41, 5.74) is 2.16. The fourth-order valence-electron chi connectivity index (χ4n) is 3.46. The van der Waals surface area contributed by atoms with Gasteiger partial charge in [0.25, 0.3) is 0 Å². The van der Waals surface area contributed by atoms with Crippen molar-refractivity contribution in [2.45, 2.75) is 33.8 Å². The minimum Gasteiger partial charge on any atom is -0.490 e. The number of benzene rings is 3. The van der Waals surface area contributed by atoms with Crippen molar-refractivity contribution in [1.82, 2.24) is 0 Å². The summed E-state index contributed by atoms with van der Waals surface area (Å²) in [7, 11) is 3.01. The second-order valence-electron chi connectivity index (χ2n) is 7.24. The van der Waals surface area contributed by atoms with Gasteiger partial charge < -0.3 is 18.9 Å². The summed E-state index contributed by atoms with van der Waals surface area (Å²) in [5, 5.41) is 1.79. The molecule has 0 aromatic heterocycles. The van der Waals surface area contributed by atoms with Gasteiger partial charge in [-0.1, -0.05) is 29.8 Å². The molecule has 3 aromatic rings. The Kier molecular flexibility index (Phi) is 6.42. The first-order valence-electron chi connectivity index (χ1n) is 9.60. The standard InChI is InChI=1S/C24H25ClO5/c1-13(2)29-20-17-11-10-16(25)12-18(17)21(23(28-6)22(20)27-5)30-24(26)19-14(3)8-7-9-15(19)4/h7-13H,1-6H3. The maximum absolute atomic E-state index is 13.1. The number of fused-ring (bicyclic) bond motifs is 1. The predicted octanol–water partition coefficient (Wildman–Crippen LogP) is 6.13. The number of ether oxygens (including phenoxy) is 4. The Bertz CT molecular complexity index is 1080. The molecular formula is C24H25ClO5. The van der Waals surface area contributed by atoms with Crippen LogP contribution < -0.4 is 18.9 Å². The Morgan fingerprint density at radius 3 is 2.03 bits per heavy atom. The molecule has 0 aliphatic rings. The van der Waals surface area contributed by atoms with Crippen molar-refractivity contribution < 1.29 is 23.7 Å². The minimum atomic E-state index is -0.482. The monoisotopic (exact) mass is 428 g/mol. The molecule has 0 radical (unpaired) electrons. The van der Waals surface area contributed by atoms with E-state index in [1.54, 1.807) is 12.1 Å². The molecule has 6 heteroatoms. The number of carbonyl (C=O) groups is 1. The van der Waals surface area contributed by atoms with Crippen molar-refractivity contribution in [1.29, 1.82) is 0 Å². The largest absolute Gasteiger partial charge is 0.490 e. The summed E-state index contributed by atoms with van der Waals surface area (Å²) in [6.45, 7) is 7.58. The molecule has 0 saturated heterocycles. The molecule has 5 nitrogen and oxygen atoms in total. The summed E-state index contributed by atoms with van der Waals surface area (Å²) in [4.78, 5) is 13.1. The second-order valence-corrected chi connectivity index (χ2v) is 7.67. The SMILES string of the molecule is COc1c(OC)c(OC(C)C)c2ccc(Cl)cc2c1OC(=O)c1c(C)cccc1C. The summed E-state index contributed by atoms with van der Waals surface area (Å²) >= 11 is 6.27. The van der Waals surface area contributed by atoms with E-state index in [0.29, 0.717) is 32.9 Å². The van der Waals surface area contributed by atoms with Gasteiger partial charge in [0.2, 0.25) is 11.5 Å². The lowest BCUT2D eigenvalue weighted by Gasteiger charge is -2.21. The number of carbonyl (C=O) groups excluding carboxylic acids is 1. The van der Waals surface area contributed by atoms with Gasteiger partial charge in [0, 0.05) is 15.8 Å². The van der Waals surface area contributed by atoms with E-state index >= 15 is 0 Å². The van der Waals surface area contributed by atoms with Crippen molar-refractivity contribution in [3.8, 4) is 23.0 Å². The van der Waals surface area contributed by atoms with Gasteiger partial charge in [0.1, 0.15) is 0 Å². The fourth-order valence-corrected chi connectivity index (χ4v) is 3.63. The molecule has 0 spiro atoms. The number of methoxy groups -OCH3 is 2. The van der Waals surface area contributed by atoms with E-state index in [0.717, 1.165) is 11.1 Å².